The number of hydrogen-bond donors (Lipinski definition) is 4. The summed E-state index contributed by atoms with van der Waals surface area (Å²) < 4.78 is 1.41. The molecule has 0 radical (unpaired) electrons. The molecule has 2 fully saturated rings. The van der Waals surface area contributed by atoms with E-state index in [1.165, 1.54) is 21.3 Å². The van der Waals surface area contributed by atoms with E-state index in [9.17, 15) is 39.9 Å². The van der Waals surface area contributed by atoms with E-state index in [1.54, 1.807) is 7.05 Å². The van der Waals surface area contributed by atoms with Gasteiger partial charge in [-0.15, -0.1) is 16.9 Å². The van der Waals surface area contributed by atoms with E-state index in [0.29, 0.717) is 5.16 Å². The number of benzene rings is 1. The monoisotopic (exact) mass is 538 g/mol. The molecule has 18 heteroatoms. The molecule has 1 aromatic heterocycles. The molecular formula is C18H18N8O8S2. The number of aryl methyl sites for hydroxylation is 1. The van der Waals surface area contributed by atoms with Crippen molar-refractivity contribution in [2.24, 2.45) is 17.6 Å². The molecule has 0 saturated carbocycles. The van der Waals surface area contributed by atoms with E-state index in [1.807, 2.05) is 0 Å². The topological polar surface area (TPSA) is 226 Å². The lowest BCUT2D eigenvalue weighted by Crippen LogP contribution is -2.74. The number of nitrogens with zero attached hydrogens (tertiary/aromatic N) is 7. The zero-order chi connectivity index (χ0) is 26.2. The van der Waals surface area contributed by atoms with Crippen LogP contribution in [-0.2, 0) is 21.4 Å². The van der Waals surface area contributed by atoms with Gasteiger partial charge in [-0.1, -0.05) is 16.9 Å². The van der Waals surface area contributed by atoms with Crippen molar-refractivity contribution >= 4 is 52.7 Å². The second-order valence-electron chi connectivity index (χ2n) is 7.99. The summed E-state index contributed by atoms with van der Waals surface area (Å²) in [4.78, 5) is 49.2. The van der Waals surface area contributed by atoms with Crippen molar-refractivity contribution in [2.45, 2.75) is 16.6 Å². The zero-order valence-electron chi connectivity index (χ0n) is 18.3. The van der Waals surface area contributed by atoms with Gasteiger partial charge in [0.25, 0.3) is 5.91 Å². The Bertz CT molecular complexity index is 1290. The van der Waals surface area contributed by atoms with Crippen LogP contribution in [0.3, 0.4) is 0 Å². The van der Waals surface area contributed by atoms with Crippen molar-refractivity contribution in [2.75, 3.05) is 18.1 Å². The van der Waals surface area contributed by atoms with Gasteiger partial charge >= 0.3 is 11.7 Å². The lowest BCUT2D eigenvalue weighted by molar-refractivity contribution is -0.385. The number of rotatable bonds is 8. The number of nitro groups is 1. The summed E-state index contributed by atoms with van der Waals surface area (Å²) >= 11 is 2.33. The molecule has 3 atom stereocenters. The van der Waals surface area contributed by atoms with E-state index in [0.717, 1.165) is 30.0 Å². The van der Waals surface area contributed by atoms with Crippen LogP contribution in [0.15, 0.2) is 28.5 Å². The SMILES string of the molecule is Cn1nnnc1SCC1(C(=O)O)CS[C@@H]2C(NC(=O)C(=NO)c3ccc(O)c([N+](=O)[O-])c3)C(=O)N2C1. The van der Waals surface area contributed by atoms with Crippen molar-refractivity contribution < 1.29 is 34.7 Å². The number of β-lactam (4-membered cyclic amide) rings is 1. The van der Waals surface area contributed by atoms with Crippen molar-refractivity contribution in [1.29, 1.82) is 0 Å². The molecular weight excluding hydrogens is 520 g/mol. The van der Waals surface area contributed by atoms with Crippen LogP contribution >= 0.6 is 23.5 Å². The van der Waals surface area contributed by atoms with E-state index < -0.39 is 56.7 Å². The number of oxime groups is 1. The molecule has 0 aliphatic carbocycles. The second-order valence-corrected chi connectivity index (χ2v) is 10.0. The maximum absolute atomic E-state index is 12.8. The van der Waals surface area contributed by atoms with E-state index in [-0.39, 0.29) is 23.6 Å². The first kappa shape index (κ1) is 25.2. The van der Waals surface area contributed by atoms with Crippen LogP contribution in [0.25, 0.3) is 0 Å². The number of carbonyl (C=O) groups is 3. The number of carbonyl (C=O) groups excluding carboxylic acids is 2. The van der Waals surface area contributed by atoms with Gasteiger partial charge in [0.1, 0.15) is 16.8 Å². The highest BCUT2D eigenvalue weighted by Gasteiger charge is 2.57. The Balaban J connectivity index is 1.44. The number of aromatic hydroxyl groups is 1. The third-order valence-corrected chi connectivity index (χ3v) is 8.59. The number of fused-ring (bicyclic) bond motifs is 1. The van der Waals surface area contributed by atoms with Crippen LogP contribution in [0.4, 0.5) is 5.69 Å². The summed E-state index contributed by atoms with van der Waals surface area (Å²) in [6.45, 7) is -0.0887. The van der Waals surface area contributed by atoms with Crippen molar-refractivity contribution in [1.82, 2.24) is 30.4 Å². The number of hydrogen-bond acceptors (Lipinski definition) is 13. The Kier molecular flexibility index (Phi) is 6.72. The molecule has 4 N–H and O–H groups in total. The first-order valence-corrected chi connectivity index (χ1v) is 12.1. The third kappa shape index (κ3) is 4.39. The molecule has 2 aromatic rings. The Morgan fingerprint density at radius 3 is 2.81 bits per heavy atom. The van der Waals surface area contributed by atoms with Crippen molar-refractivity contribution in [3.05, 3.63) is 33.9 Å². The number of carboxylic acid groups (broad SMARTS) is 1. The maximum atomic E-state index is 12.8. The smallest absolute Gasteiger partial charge is 0.313 e. The number of amides is 2. The van der Waals surface area contributed by atoms with E-state index >= 15 is 0 Å². The summed E-state index contributed by atoms with van der Waals surface area (Å²) in [6, 6.07) is 1.96. The van der Waals surface area contributed by atoms with Gasteiger partial charge in [0, 0.05) is 36.7 Å². The average Bonchev–Trinajstić information content (AvgIpc) is 3.26. The first-order chi connectivity index (χ1) is 17.1. The maximum Gasteiger partial charge on any atom is 0.313 e. The number of aromatic nitrogens is 4. The predicted molar refractivity (Wildman–Crippen MR) is 123 cm³/mol. The third-order valence-electron chi connectivity index (χ3n) is 5.70. The minimum Gasteiger partial charge on any atom is -0.502 e. The Labute approximate surface area is 209 Å². The number of aliphatic carboxylic acids is 1. The Morgan fingerprint density at radius 2 is 2.19 bits per heavy atom. The number of phenolic OH excluding ortho intramolecular Hbond substituents is 1. The van der Waals surface area contributed by atoms with Gasteiger partial charge in [-0.2, -0.15) is 0 Å². The standard InChI is InChI=1S/C18H18N8O8S2/c1-24-17(20-22-23-24)36-7-18(16(30)31)5-25-14(29)12(15(25)35-6-18)19-13(28)11(21-32)8-2-3-10(27)9(4-8)26(33)34/h2-4,12,15,27,32H,5-7H2,1H3,(H,19,28)(H,30,31)/t12?,15-,18?/m1/s1. The van der Waals surface area contributed by atoms with E-state index in [4.69, 9.17) is 0 Å². The van der Waals surface area contributed by atoms with Gasteiger partial charge in [0.2, 0.25) is 11.1 Å². The fraction of sp³-hybridized carbons (Fsp3) is 0.389. The highest BCUT2D eigenvalue weighted by molar-refractivity contribution is 8.00. The lowest BCUT2D eigenvalue weighted by atomic mass is 9.89. The number of phenols is 1. The highest BCUT2D eigenvalue weighted by atomic mass is 32.2. The molecule has 2 unspecified atom stereocenters. The highest BCUT2D eigenvalue weighted by Crippen LogP contribution is 2.44. The molecule has 2 aliphatic rings. The number of nitrogens with one attached hydrogen (secondary N) is 1. The zero-order valence-corrected chi connectivity index (χ0v) is 20.0. The fourth-order valence-electron chi connectivity index (χ4n) is 3.71. The summed E-state index contributed by atoms with van der Waals surface area (Å²) in [5.74, 6) is -2.97. The van der Waals surface area contributed by atoms with Gasteiger partial charge < -0.3 is 25.6 Å². The van der Waals surface area contributed by atoms with Gasteiger partial charge in [-0.05, 0) is 22.6 Å². The Morgan fingerprint density at radius 1 is 1.44 bits per heavy atom. The number of thioether (sulfide) groups is 2. The van der Waals surface area contributed by atoms with Crippen LogP contribution < -0.4 is 5.32 Å². The molecule has 36 heavy (non-hydrogen) atoms. The molecule has 16 nitrogen and oxygen atoms in total. The largest absolute Gasteiger partial charge is 0.502 e. The summed E-state index contributed by atoms with van der Waals surface area (Å²) in [7, 11) is 1.62. The quantitative estimate of drug-likeness (QED) is 0.0812. The minimum atomic E-state index is -1.27. The van der Waals surface area contributed by atoms with Gasteiger partial charge in [0.05, 0.1) is 4.92 Å². The van der Waals surface area contributed by atoms with Crippen LogP contribution in [0.1, 0.15) is 5.56 Å². The summed E-state index contributed by atoms with van der Waals surface area (Å²) in [5, 5.41) is 56.2. The summed E-state index contributed by atoms with van der Waals surface area (Å²) in [5.41, 5.74) is -2.72. The van der Waals surface area contributed by atoms with Gasteiger partial charge in [-0.25, -0.2) is 4.68 Å². The predicted octanol–water partition coefficient (Wildman–Crippen LogP) is -0.735. The number of nitro benzene ring substituents is 1. The van der Waals surface area contributed by atoms with Crippen LogP contribution in [0.5, 0.6) is 5.75 Å². The molecule has 2 amide bonds. The molecule has 3 heterocycles. The average molecular weight is 539 g/mol. The normalized spacial score (nSPS) is 23.5. The molecule has 2 aliphatic heterocycles. The molecule has 190 valence electrons. The van der Waals surface area contributed by atoms with Crippen LogP contribution in [0, 0.1) is 15.5 Å². The van der Waals surface area contributed by atoms with Gasteiger partial charge in [0.15, 0.2) is 11.5 Å². The molecule has 2 saturated heterocycles. The number of carboxylic acids is 1. The molecule has 4 rings (SSSR count). The lowest BCUT2D eigenvalue weighted by Gasteiger charge is -2.53. The minimum absolute atomic E-state index is 0.0887. The van der Waals surface area contributed by atoms with Crippen LogP contribution in [-0.4, -0.2) is 98.4 Å². The second kappa shape index (κ2) is 9.61. The molecule has 0 bridgehead atoms. The van der Waals surface area contributed by atoms with Crippen LogP contribution in [0.2, 0.25) is 0 Å². The van der Waals surface area contributed by atoms with Crippen molar-refractivity contribution in [3.63, 3.8) is 0 Å². The Hall–Kier alpha value is -3.93. The molecule has 0 spiro atoms. The summed E-state index contributed by atoms with van der Waals surface area (Å²) in [6.07, 6.45) is 0. The number of tetrazole rings is 1. The van der Waals surface area contributed by atoms with E-state index in [2.05, 4.69) is 26.0 Å². The fourth-order valence-corrected chi connectivity index (χ4v) is 6.42. The first-order valence-electron chi connectivity index (χ1n) is 10.1. The van der Waals surface area contributed by atoms with Crippen molar-refractivity contribution in [3.8, 4) is 5.75 Å². The van der Waals surface area contributed by atoms with Gasteiger partial charge in [-0.3, -0.25) is 24.5 Å². The molecule has 1 aromatic carbocycles.